The zero-order chi connectivity index (χ0) is 33.3. The van der Waals surface area contributed by atoms with E-state index in [2.05, 4.69) is 33.8 Å². The third-order valence-electron chi connectivity index (χ3n) is 14.1. The fourth-order valence-electron chi connectivity index (χ4n) is 11.6. The van der Waals surface area contributed by atoms with Crippen molar-refractivity contribution in [2.45, 2.75) is 142 Å². The summed E-state index contributed by atoms with van der Waals surface area (Å²) in [6.45, 7) is 13.2. The number of rotatable bonds is 7. The van der Waals surface area contributed by atoms with Crippen molar-refractivity contribution in [2.24, 2.45) is 44.8 Å². The first-order valence-electron chi connectivity index (χ1n) is 16.9. The highest BCUT2D eigenvalue weighted by molar-refractivity contribution is 5.89. The molecule has 6 rings (SSSR count). The highest BCUT2D eigenvalue weighted by Gasteiger charge is 2.84. The van der Waals surface area contributed by atoms with Gasteiger partial charge in [-0.3, -0.25) is 9.59 Å². The van der Waals surface area contributed by atoms with Crippen LogP contribution in [0.25, 0.3) is 0 Å². The maximum atomic E-state index is 13.9. The number of aliphatic hydroxyl groups excluding tert-OH is 5. The van der Waals surface area contributed by atoms with E-state index < -0.39 is 70.4 Å². The lowest BCUT2D eigenvalue weighted by Crippen LogP contribution is -2.59. The SMILES string of the molecule is C[C@H](CC(=O)C(O)C(C)(C)O)[C@H]1C(=O)C[C@@]2(C)C3=CCC4C(C)(C)[C@@H](O[C@@H]5OC[C@@H](O)[C@H](O)[C@H]5O)CC[C@@]45C[C@@]35[C@@H](O)C[C@]12C. The van der Waals surface area contributed by atoms with Crippen molar-refractivity contribution < 1.29 is 49.7 Å². The van der Waals surface area contributed by atoms with Crippen molar-refractivity contribution in [3.05, 3.63) is 11.6 Å². The van der Waals surface area contributed by atoms with Crippen LogP contribution < -0.4 is 0 Å². The van der Waals surface area contributed by atoms with Gasteiger partial charge >= 0.3 is 0 Å². The molecule has 0 aromatic carbocycles. The van der Waals surface area contributed by atoms with E-state index in [9.17, 15) is 40.2 Å². The van der Waals surface area contributed by atoms with Gasteiger partial charge in [0.15, 0.2) is 12.1 Å². The van der Waals surface area contributed by atoms with E-state index in [4.69, 9.17) is 9.47 Å². The lowest BCUT2D eigenvalue weighted by molar-refractivity contribution is -0.301. The standard InChI is InChI=1S/C35H54O10/c1-17(12-18(36)28(42)31(4,5)43)25-19(37)13-32(6)22-9-8-21-30(2,3)24(45-29-27(41)26(40)20(38)15-44-29)10-11-34(21)16-35(22,34)23(39)14-33(25,32)7/h9,17,20-21,23-29,38-43H,8,10-16H2,1-7H3/t17-,20-,21?,23+,24+,25+,26+,27-,28?,29+,32+,33-,34-,35+/m1/s1. The Morgan fingerprint density at radius 3 is 2.44 bits per heavy atom. The first kappa shape index (κ1) is 33.7. The summed E-state index contributed by atoms with van der Waals surface area (Å²) < 4.78 is 11.9. The molecule has 1 aliphatic heterocycles. The lowest BCUT2D eigenvalue weighted by atomic mass is 9.44. The van der Waals surface area contributed by atoms with Crippen molar-refractivity contribution in [2.75, 3.05) is 6.61 Å². The van der Waals surface area contributed by atoms with E-state index in [0.29, 0.717) is 19.3 Å². The molecule has 2 spiro atoms. The average Bonchev–Trinajstić information content (AvgIpc) is 3.57. The topological polar surface area (TPSA) is 174 Å². The number of Topliss-reactive ketones (excluding diaryl/α,β-unsaturated/α-hetero) is 2. The van der Waals surface area contributed by atoms with Gasteiger partial charge in [0, 0.05) is 29.6 Å². The van der Waals surface area contributed by atoms with Gasteiger partial charge < -0.3 is 40.1 Å². The van der Waals surface area contributed by atoms with Crippen molar-refractivity contribution in [3.63, 3.8) is 0 Å². The molecule has 14 atom stereocenters. The van der Waals surface area contributed by atoms with Gasteiger partial charge in [-0.1, -0.05) is 46.3 Å². The van der Waals surface area contributed by atoms with Gasteiger partial charge in [-0.15, -0.1) is 0 Å². The lowest BCUT2D eigenvalue weighted by Gasteiger charge is -2.61. The third kappa shape index (κ3) is 4.42. The zero-order valence-corrected chi connectivity index (χ0v) is 27.8. The second kappa shape index (κ2) is 10.4. The van der Waals surface area contributed by atoms with E-state index in [0.717, 1.165) is 19.3 Å². The Hall–Kier alpha value is -1.24. The molecule has 5 aliphatic carbocycles. The molecule has 0 amide bonds. The second-order valence-electron chi connectivity index (χ2n) is 17.2. The first-order chi connectivity index (χ1) is 20.7. The number of allylic oxidation sites excluding steroid dienone is 1. The molecule has 10 nitrogen and oxygen atoms in total. The summed E-state index contributed by atoms with van der Waals surface area (Å²) in [5.74, 6) is -1.03. The maximum absolute atomic E-state index is 13.9. The van der Waals surface area contributed by atoms with Gasteiger partial charge in [-0.05, 0) is 74.0 Å². The van der Waals surface area contributed by atoms with Crippen LogP contribution >= 0.6 is 0 Å². The quantitative estimate of drug-likeness (QED) is 0.228. The van der Waals surface area contributed by atoms with Crippen molar-refractivity contribution >= 4 is 11.6 Å². The molecular formula is C35H54O10. The van der Waals surface area contributed by atoms with E-state index >= 15 is 0 Å². The second-order valence-corrected chi connectivity index (χ2v) is 17.2. The largest absolute Gasteiger partial charge is 0.392 e. The fourth-order valence-corrected chi connectivity index (χ4v) is 11.6. The van der Waals surface area contributed by atoms with Crippen molar-refractivity contribution in [1.29, 1.82) is 0 Å². The smallest absolute Gasteiger partial charge is 0.186 e. The predicted octanol–water partition coefficient (Wildman–Crippen LogP) is 2.05. The zero-order valence-electron chi connectivity index (χ0n) is 27.8. The summed E-state index contributed by atoms with van der Waals surface area (Å²) in [6, 6.07) is 0. The van der Waals surface area contributed by atoms with Gasteiger partial charge in [-0.2, -0.15) is 0 Å². The van der Waals surface area contributed by atoms with Gasteiger partial charge in [0.1, 0.15) is 30.2 Å². The number of hydrogen-bond donors (Lipinski definition) is 6. The van der Waals surface area contributed by atoms with Crippen LogP contribution in [0.4, 0.5) is 0 Å². The maximum Gasteiger partial charge on any atom is 0.186 e. The number of aliphatic hydroxyl groups is 6. The van der Waals surface area contributed by atoms with Crippen LogP contribution in [0.5, 0.6) is 0 Å². The summed E-state index contributed by atoms with van der Waals surface area (Å²) in [5.41, 5.74) is -2.37. The summed E-state index contributed by atoms with van der Waals surface area (Å²) in [6.07, 6.45) is -1.18. The molecule has 0 bridgehead atoms. The Morgan fingerprint density at radius 2 is 1.80 bits per heavy atom. The minimum Gasteiger partial charge on any atom is -0.392 e. The molecule has 4 saturated carbocycles. The number of hydrogen-bond acceptors (Lipinski definition) is 10. The molecule has 254 valence electrons. The predicted molar refractivity (Wildman–Crippen MR) is 162 cm³/mol. The molecule has 10 heteroatoms. The van der Waals surface area contributed by atoms with Crippen molar-refractivity contribution in [3.8, 4) is 0 Å². The van der Waals surface area contributed by atoms with Crippen LogP contribution in [0.2, 0.25) is 0 Å². The highest BCUT2D eigenvalue weighted by atomic mass is 16.7. The number of ketones is 2. The Morgan fingerprint density at radius 1 is 1.13 bits per heavy atom. The Bertz CT molecular complexity index is 1270. The summed E-state index contributed by atoms with van der Waals surface area (Å²) in [5, 5.41) is 63.4. The Balaban J connectivity index is 1.27. The molecular weight excluding hydrogens is 580 g/mol. The highest BCUT2D eigenvalue weighted by Crippen LogP contribution is 2.87. The van der Waals surface area contributed by atoms with E-state index in [1.165, 1.54) is 19.4 Å². The molecule has 0 radical (unpaired) electrons. The van der Waals surface area contributed by atoms with Gasteiger partial charge in [0.25, 0.3) is 0 Å². The normalized spacial score (nSPS) is 50.0. The minimum atomic E-state index is -1.57. The molecule has 0 aromatic rings. The van der Waals surface area contributed by atoms with Gasteiger partial charge in [-0.25, -0.2) is 0 Å². The Labute approximate surface area is 266 Å². The fraction of sp³-hybridized carbons (Fsp3) is 0.886. The van der Waals surface area contributed by atoms with Gasteiger partial charge in [0.2, 0.25) is 0 Å². The third-order valence-corrected chi connectivity index (χ3v) is 14.1. The minimum absolute atomic E-state index is 0.0233. The molecule has 1 saturated heterocycles. The molecule has 1 heterocycles. The molecule has 2 unspecified atom stereocenters. The molecule has 6 aliphatic rings. The first-order valence-corrected chi connectivity index (χ1v) is 16.9. The van der Waals surface area contributed by atoms with E-state index in [1.807, 2.05) is 6.92 Å². The molecule has 45 heavy (non-hydrogen) atoms. The van der Waals surface area contributed by atoms with Crippen LogP contribution in [-0.4, -0.2) is 97.3 Å². The van der Waals surface area contributed by atoms with Crippen LogP contribution in [-0.2, 0) is 19.1 Å². The van der Waals surface area contributed by atoms with Crippen molar-refractivity contribution in [1.82, 2.24) is 0 Å². The molecule has 5 fully saturated rings. The summed E-state index contributed by atoms with van der Waals surface area (Å²) >= 11 is 0. The average molecular weight is 635 g/mol. The number of fused-ring (bicyclic) bond motifs is 2. The summed E-state index contributed by atoms with van der Waals surface area (Å²) in [7, 11) is 0. The van der Waals surface area contributed by atoms with Crippen LogP contribution in [0.1, 0.15) is 93.4 Å². The van der Waals surface area contributed by atoms with E-state index in [-0.39, 0.29) is 47.6 Å². The number of ether oxygens (including phenoxy) is 2. The van der Waals surface area contributed by atoms with E-state index in [1.54, 1.807) is 0 Å². The Kier molecular flexibility index (Phi) is 7.76. The molecule has 6 N–H and O–H groups in total. The number of carbonyl (C=O) groups excluding carboxylic acids is 2. The number of carbonyl (C=O) groups is 2. The summed E-state index contributed by atoms with van der Waals surface area (Å²) in [4.78, 5) is 26.9. The monoisotopic (exact) mass is 634 g/mol. The molecule has 0 aromatic heterocycles. The van der Waals surface area contributed by atoms with Crippen LogP contribution in [0.15, 0.2) is 11.6 Å². The van der Waals surface area contributed by atoms with Crippen LogP contribution in [0.3, 0.4) is 0 Å². The van der Waals surface area contributed by atoms with Crippen LogP contribution in [0, 0.1) is 44.8 Å². The van der Waals surface area contributed by atoms with Gasteiger partial charge in [0.05, 0.1) is 24.4 Å².